The Labute approximate surface area is 155 Å². The third-order valence-electron chi connectivity index (χ3n) is 4.53. The average molecular weight is 354 g/mol. The van der Waals surface area contributed by atoms with Crippen LogP contribution < -0.4 is 4.74 Å². The number of amides is 1. The van der Waals surface area contributed by atoms with Crippen LogP contribution in [0.15, 0.2) is 54.6 Å². The van der Waals surface area contributed by atoms with E-state index >= 15 is 0 Å². The highest BCUT2D eigenvalue weighted by Crippen LogP contribution is 2.12. The lowest BCUT2D eigenvalue weighted by atomic mass is 10.2. The quantitative estimate of drug-likeness (QED) is 0.798. The number of hydrogen-bond acceptors (Lipinski definition) is 4. The van der Waals surface area contributed by atoms with Crippen molar-refractivity contribution in [2.75, 3.05) is 39.3 Å². The monoisotopic (exact) mass is 354 g/mol. The molecule has 2 aromatic rings. The zero-order valence-electron chi connectivity index (χ0n) is 15.3. The average Bonchev–Trinajstić information content (AvgIpc) is 2.69. The van der Waals surface area contributed by atoms with E-state index < -0.39 is 0 Å². The zero-order valence-corrected chi connectivity index (χ0v) is 15.3. The molecule has 5 nitrogen and oxygen atoms in total. The van der Waals surface area contributed by atoms with Gasteiger partial charge in [0.05, 0.1) is 0 Å². The van der Waals surface area contributed by atoms with Crippen LogP contribution >= 0.6 is 0 Å². The predicted octanol–water partition coefficient (Wildman–Crippen LogP) is 3.33. The van der Waals surface area contributed by atoms with Crippen molar-refractivity contribution in [2.24, 2.45) is 0 Å². The van der Waals surface area contributed by atoms with E-state index in [0.717, 1.165) is 30.9 Å². The maximum atomic E-state index is 12.2. The number of aryl methyl sites for hydroxylation is 1. The van der Waals surface area contributed by atoms with Crippen molar-refractivity contribution >= 4 is 6.09 Å². The van der Waals surface area contributed by atoms with E-state index in [4.69, 9.17) is 9.47 Å². The summed E-state index contributed by atoms with van der Waals surface area (Å²) in [4.78, 5) is 16.3. The molecule has 0 bridgehead atoms. The van der Waals surface area contributed by atoms with Gasteiger partial charge in [0, 0.05) is 32.7 Å². The van der Waals surface area contributed by atoms with Crippen LogP contribution in [0.4, 0.5) is 4.79 Å². The van der Waals surface area contributed by atoms with Gasteiger partial charge < -0.3 is 14.4 Å². The first-order valence-corrected chi connectivity index (χ1v) is 9.08. The smallest absolute Gasteiger partial charge is 0.410 e. The second kappa shape index (κ2) is 9.25. The van der Waals surface area contributed by atoms with Gasteiger partial charge in [-0.25, -0.2) is 4.79 Å². The fourth-order valence-electron chi connectivity index (χ4n) is 2.89. The molecular formula is C21H26N2O3. The minimum atomic E-state index is -0.232. The van der Waals surface area contributed by atoms with Gasteiger partial charge in [0.25, 0.3) is 0 Å². The summed E-state index contributed by atoms with van der Waals surface area (Å²) in [5.41, 5.74) is 2.24. The van der Waals surface area contributed by atoms with E-state index in [9.17, 15) is 4.79 Å². The van der Waals surface area contributed by atoms with E-state index in [1.165, 1.54) is 5.56 Å². The van der Waals surface area contributed by atoms with Crippen molar-refractivity contribution in [1.29, 1.82) is 0 Å². The molecule has 0 spiro atoms. The number of carbonyl (C=O) groups excluding carboxylic acids is 1. The Morgan fingerprint density at radius 2 is 1.65 bits per heavy atom. The fourth-order valence-corrected chi connectivity index (χ4v) is 2.89. The van der Waals surface area contributed by atoms with Crippen molar-refractivity contribution in [2.45, 2.75) is 13.5 Å². The summed E-state index contributed by atoms with van der Waals surface area (Å²) in [5, 5.41) is 0. The van der Waals surface area contributed by atoms with Gasteiger partial charge in [0.15, 0.2) is 0 Å². The number of rotatable bonds is 6. The van der Waals surface area contributed by atoms with Crippen LogP contribution in [-0.4, -0.2) is 55.2 Å². The van der Waals surface area contributed by atoms with Gasteiger partial charge in [-0.3, -0.25) is 4.90 Å². The minimum Gasteiger partial charge on any atom is -0.492 e. The largest absolute Gasteiger partial charge is 0.492 e. The molecule has 1 saturated heterocycles. The van der Waals surface area contributed by atoms with Gasteiger partial charge in [0.2, 0.25) is 0 Å². The molecule has 1 fully saturated rings. The Hall–Kier alpha value is -2.53. The summed E-state index contributed by atoms with van der Waals surface area (Å²) in [6, 6.07) is 17.9. The molecule has 2 aromatic carbocycles. The maximum Gasteiger partial charge on any atom is 0.410 e. The molecule has 1 amide bonds. The minimum absolute atomic E-state index is 0.232. The number of benzene rings is 2. The maximum absolute atomic E-state index is 12.2. The molecule has 1 aliphatic heterocycles. The lowest BCUT2D eigenvalue weighted by Crippen LogP contribution is -2.49. The molecule has 26 heavy (non-hydrogen) atoms. The Balaban J connectivity index is 1.33. The lowest BCUT2D eigenvalue weighted by molar-refractivity contribution is 0.0684. The SMILES string of the molecule is Cc1ccc(OCCN2CCN(C(=O)OCc3ccccc3)CC2)cc1. The highest BCUT2D eigenvalue weighted by atomic mass is 16.6. The zero-order chi connectivity index (χ0) is 18.2. The normalized spacial score (nSPS) is 14.9. The summed E-state index contributed by atoms with van der Waals surface area (Å²) in [6.07, 6.45) is -0.232. The van der Waals surface area contributed by atoms with Crippen molar-refractivity contribution in [3.8, 4) is 5.75 Å². The topological polar surface area (TPSA) is 42.0 Å². The van der Waals surface area contributed by atoms with E-state index in [1.54, 1.807) is 4.90 Å². The third kappa shape index (κ3) is 5.49. The molecule has 0 saturated carbocycles. The molecule has 0 atom stereocenters. The summed E-state index contributed by atoms with van der Waals surface area (Å²) in [6.45, 7) is 6.98. The first-order chi connectivity index (χ1) is 12.7. The third-order valence-corrected chi connectivity index (χ3v) is 4.53. The molecule has 3 rings (SSSR count). The molecule has 1 aliphatic rings. The molecule has 1 heterocycles. The number of hydrogen-bond donors (Lipinski definition) is 0. The van der Waals surface area contributed by atoms with Gasteiger partial charge in [0.1, 0.15) is 19.0 Å². The van der Waals surface area contributed by atoms with E-state index in [0.29, 0.717) is 26.3 Å². The molecule has 0 radical (unpaired) electrons. The lowest BCUT2D eigenvalue weighted by Gasteiger charge is -2.33. The first kappa shape index (κ1) is 18.3. The predicted molar refractivity (Wildman–Crippen MR) is 101 cm³/mol. The van der Waals surface area contributed by atoms with Gasteiger partial charge in [-0.15, -0.1) is 0 Å². The second-order valence-corrected chi connectivity index (χ2v) is 6.53. The van der Waals surface area contributed by atoms with Crippen LogP contribution in [-0.2, 0) is 11.3 Å². The van der Waals surface area contributed by atoms with Crippen LogP contribution in [0.5, 0.6) is 5.75 Å². The first-order valence-electron chi connectivity index (χ1n) is 9.08. The summed E-state index contributed by atoms with van der Waals surface area (Å²) in [7, 11) is 0. The Morgan fingerprint density at radius 3 is 2.35 bits per heavy atom. The van der Waals surface area contributed by atoms with E-state index in [2.05, 4.69) is 24.0 Å². The standard InChI is InChI=1S/C21H26N2O3/c1-18-7-9-20(10-8-18)25-16-15-22-11-13-23(14-12-22)21(24)26-17-19-5-3-2-4-6-19/h2-10H,11-17H2,1H3. The molecule has 0 unspecified atom stereocenters. The van der Waals surface area contributed by atoms with Crippen LogP contribution in [0.2, 0.25) is 0 Å². The van der Waals surface area contributed by atoms with Crippen LogP contribution in [0, 0.1) is 6.92 Å². The molecular weight excluding hydrogens is 328 g/mol. The molecule has 0 N–H and O–H groups in total. The van der Waals surface area contributed by atoms with Gasteiger partial charge in [-0.05, 0) is 24.6 Å². The number of piperazine rings is 1. The van der Waals surface area contributed by atoms with Crippen LogP contribution in [0.3, 0.4) is 0 Å². The number of ether oxygens (including phenoxy) is 2. The van der Waals surface area contributed by atoms with Gasteiger partial charge >= 0.3 is 6.09 Å². The number of carbonyl (C=O) groups is 1. The summed E-state index contributed by atoms with van der Waals surface area (Å²) >= 11 is 0. The second-order valence-electron chi connectivity index (χ2n) is 6.53. The van der Waals surface area contributed by atoms with Crippen LogP contribution in [0.1, 0.15) is 11.1 Å². The fraction of sp³-hybridized carbons (Fsp3) is 0.381. The Bertz CT molecular complexity index is 680. The van der Waals surface area contributed by atoms with E-state index in [-0.39, 0.29) is 6.09 Å². The van der Waals surface area contributed by atoms with Crippen LogP contribution in [0.25, 0.3) is 0 Å². The molecule has 0 aliphatic carbocycles. The van der Waals surface area contributed by atoms with E-state index in [1.807, 2.05) is 42.5 Å². The van der Waals surface area contributed by atoms with Gasteiger partial charge in [-0.1, -0.05) is 48.0 Å². The Kier molecular flexibility index (Phi) is 6.50. The van der Waals surface area contributed by atoms with Crippen molar-refractivity contribution in [3.63, 3.8) is 0 Å². The van der Waals surface area contributed by atoms with Crippen molar-refractivity contribution < 1.29 is 14.3 Å². The summed E-state index contributed by atoms with van der Waals surface area (Å²) in [5.74, 6) is 0.902. The molecule has 138 valence electrons. The van der Waals surface area contributed by atoms with Gasteiger partial charge in [-0.2, -0.15) is 0 Å². The Morgan fingerprint density at radius 1 is 0.962 bits per heavy atom. The number of nitrogens with zero attached hydrogens (tertiary/aromatic N) is 2. The van der Waals surface area contributed by atoms with Crippen molar-refractivity contribution in [3.05, 3.63) is 65.7 Å². The highest BCUT2D eigenvalue weighted by molar-refractivity contribution is 5.67. The summed E-state index contributed by atoms with van der Waals surface area (Å²) < 4.78 is 11.2. The molecule has 0 aromatic heterocycles. The highest BCUT2D eigenvalue weighted by Gasteiger charge is 2.21. The molecule has 5 heteroatoms. The van der Waals surface area contributed by atoms with Crippen molar-refractivity contribution in [1.82, 2.24) is 9.80 Å².